The Morgan fingerprint density at radius 3 is 2.88 bits per heavy atom. The number of hydrogen-bond acceptors (Lipinski definition) is 5. The van der Waals surface area contributed by atoms with E-state index in [0.717, 1.165) is 5.56 Å². The van der Waals surface area contributed by atoms with Gasteiger partial charge in [-0.2, -0.15) is 5.10 Å². The van der Waals surface area contributed by atoms with Gasteiger partial charge in [0.15, 0.2) is 5.16 Å². The first kappa shape index (κ1) is 12.1. The maximum Gasteiger partial charge on any atom is 0.491 e. The van der Waals surface area contributed by atoms with Crippen LogP contribution in [0.4, 0.5) is 4.39 Å². The van der Waals surface area contributed by atoms with Crippen molar-refractivity contribution in [1.29, 1.82) is 0 Å². The molecule has 17 heavy (non-hydrogen) atoms. The van der Waals surface area contributed by atoms with Gasteiger partial charge in [0.1, 0.15) is 12.1 Å². The minimum atomic E-state index is -1.80. The van der Waals surface area contributed by atoms with Gasteiger partial charge in [-0.3, -0.25) is 5.10 Å². The fraction of sp³-hybridized carbons (Fsp3) is 0.111. The Balaban J connectivity index is 2.09. The molecule has 3 N–H and O–H groups in total. The van der Waals surface area contributed by atoms with Crippen LogP contribution in [0.15, 0.2) is 29.7 Å². The molecule has 0 bridgehead atoms. The molecule has 0 radical (unpaired) electrons. The third-order valence-electron chi connectivity index (χ3n) is 2.11. The molecular formula is C9H9BFN3O2S. The molecule has 0 spiro atoms. The summed E-state index contributed by atoms with van der Waals surface area (Å²) < 4.78 is 13.2. The number of nitrogens with zero attached hydrogens (tertiary/aromatic N) is 2. The van der Waals surface area contributed by atoms with E-state index in [0.29, 0.717) is 10.9 Å². The average Bonchev–Trinajstić information content (AvgIpc) is 2.80. The lowest BCUT2D eigenvalue weighted by atomic mass is 9.79. The maximum absolute atomic E-state index is 13.2. The molecule has 0 fully saturated rings. The Labute approximate surface area is 101 Å². The fourth-order valence-electron chi connectivity index (χ4n) is 1.30. The number of benzene rings is 1. The van der Waals surface area contributed by atoms with Gasteiger partial charge in [-0.05, 0) is 11.6 Å². The van der Waals surface area contributed by atoms with Crippen LogP contribution in [0, 0.1) is 5.82 Å². The summed E-state index contributed by atoms with van der Waals surface area (Å²) in [4.78, 5) is 3.93. The Morgan fingerprint density at radius 2 is 2.24 bits per heavy atom. The molecule has 8 heteroatoms. The van der Waals surface area contributed by atoms with Crippen molar-refractivity contribution in [3.63, 3.8) is 0 Å². The normalized spacial score (nSPS) is 10.5. The van der Waals surface area contributed by atoms with Crippen LogP contribution in [0.3, 0.4) is 0 Å². The molecule has 0 unspecified atom stereocenters. The molecule has 88 valence electrons. The number of thioether (sulfide) groups is 1. The molecule has 0 amide bonds. The zero-order chi connectivity index (χ0) is 12.3. The van der Waals surface area contributed by atoms with E-state index < -0.39 is 12.9 Å². The van der Waals surface area contributed by atoms with Crippen LogP contribution in [0.1, 0.15) is 5.56 Å². The Morgan fingerprint density at radius 1 is 1.41 bits per heavy atom. The molecule has 1 heterocycles. The second-order valence-corrected chi connectivity index (χ2v) is 4.27. The van der Waals surface area contributed by atoms with Crippen molar-refractivity contribution in [1.82, 2.24) is 15.2 Å². The first-order valence-corrected chi connectivity index (χ1v) is 5.78. The van der Waals surface area contributed by atoms with Gasteiger partial charge >= 0.3 is 7.12 Å². The van der Waals surface area contributed by atoms with E-state index in [1.165, 1.54) is 30.2 Å². The van der Waals surface area contributed by atoms with Crippen LogP contribution in [0.25, 0.3) is 0 Å². The summed E-state index contributed by atoms with van der Waals surface area (Å²) in [6, 6.07) is 4.22. The molecule has 1 aromatic carbocycles. The van der Waals surface area contributed by atoms with Gasteiger partial charge in [-0.25, -0.2) is 9.37 Å². The lowest BCUT2D eigenvalue weighted by Crippen LogP contribution is -2.33. The third kappa shape index (κ3) is 3.05. The van der Waals surface area contributed by atoms with Crippen molar-refractivity contribution < 1.29 is 14.4 Å². The lowest BCUT2D eigenvalue weighted by molar-refractivity contribution is 0.423. The SMILES string of the molecule is OB(O)c1cc(CSc2ncn[nH]2)ccc1F. The number of H-pyrrole nitrogens is 1. The minimum absolute atomic E-state index is 0.124. The smallest absolute Gasteiger partial charge is 0.423 e. The molecule has 2 aromatic rings. The minimum Gasteiger partial charge on any atom is -0.423 e. The Hall–Kier alpha value is -1.38. The number of hydrogen-bond donors (Lipinski definition) is 3. The number of aromatic nitrogens is 3. The molecule has 0 atom stereocenters. The summed E-state index contributed by atoms with van der Waals surface area (Å²) in [5.41, 5.74) is 0.650. The van der Waals surface area contributed by atoms with Gasteiger partial charge in [0.2, 0.25) is 0 Å². The highest BCUT2D eigenvalue weighted by Crippen LogP contribution is 2.17. The van der Waals surface area contributed by atoms with Crippen LogP contribution < -0.4 is 5.46 Å². The topological polar surface area (TPSA) is 82.0 Å². The zero-order valence-electron chi connectivity index (χ0n) is 8.67. The number of aromatic amines is 1. The lowest BCUT2D eigenvalue weighted by Gasteiger charge is -2.05. The number of rotatable bonds is 4. The van der Waals surface area contributed by atoms with E-state index in [1.54, 1.807) is 6.07 Å². The average molecular weight is 253 g/mol. The molecule has 1 aromatic heterocycles. The van der Waals surface area contributed by atoms with E-state index in [9.17, 15) is 4.39 Å². The summed E-state index contributed by atoms with van der Waals surface area (Å²) in [6.07, 6.45) is 1.40. The summed E-state index contributed by atoms with van der Waals surface area (Å²) >= 11 is 1.39. The van der Waals surface area contributed by atoms with Crippen LogP contribution >= 0.6 is 11.8 Å². The van der Waals surface area contributed by atoms with E-state index in [4.69, 9.17) is 10.0 Å². The van der Waals surface area contributed by atoms with Gasteiger partial charge in [0.05, 0.1) is 0 Å². The van der Waals surface area contributed by atoms with Crippen molar-refractivity contribution in [3.05, 3.63) is 35.9 Å². The van der Waals surface area contributed by atoms with Crippen LogP contribution in [-0.4, -0.2) is 32.3 Å². The Kier molecular flexibility index (Phi) is 3.77. The van der Waals surface area contributed by atoms with Crippen molar-refractivity contribution in [2.45, 2.75) is 10.9 Å². The second-order valence-electron chi connectivity index (χ2n) is 3.31. The van der Waals surface area contributed by atoms with Gasteiger partial charge in [0, 0.05) is 11.2 Å². The summed E-state index contributed by atoms with van der Waals surface area (Å²) in [7, 11) is -1.80. The standard InChI is InChI=1S/C9H9BFN3O2S/c11-8-2-1-6(3-7(8)10(15)16)4-17-9-12-5-13-14-9/h1-3,5,15-16H,4H2,(H,12,13,14). The quantitative estimate of drug-likeness (QED) is 0.524. The van der Waals surface area contributed by atoms with Crippen molar-refractivity contribution in [2.24, 2.45) is 0 Å². The van der Waals surface area contributed by atoms with Crippen molar-refractivity contribution >= 4 is 24.3 Å². The highest BCUT2D eigenvalue weighted by Gasteiger charge is 2.16. The van der Waals surface area contributed by atoms with Crippen molar-refractivity contribution in [3.8, 4) is 0 Å². The molecular weight excluding hydrogens is 244 g/mol. The summed E-state index contributed by atoms with van der Waals surface area (Å²) in [5.74, 6) is -0.0942. The largest absolute Gasteiger partial charge is 0.491 e. The third-order valence-corrected chi connectivity index (χ3v) is 3.05. The first-order valence-electron chi connectivity index (χ1n) is 4.79. The molecule has 0 aliphatic carbocycles. The molecule has 0 saturated heterocycles. The molecule has 0 saturated carbocycles. The second kappa shape index (κ2) is 5.30. The van der Waals surface area contributed by atoms with Gasteiger partial charge in [0.25, 0.3) is 0 Å². The van der Waals surface area contributed by atoms with E-state index in [1.807, 2.05) is 0 Å². The summed E-state index contributed by atoms with van der Waals surface area (Å²) in [6.45, 7) is 0. The maximum atomic E-state index is 13.2. The molecule has 5 nitrogen and oxygen atoms in total. The highest BCUT2D eigenvalue weighted by atomic mass is 32.2. The highest BCUT2D eigenvalue weighted by molar-refractivity contribution is 7.98. The van der Waals surface area contributed by atoms with Crippen LogP contribution in [0.2, 0.25) is 0 Å². The van der Waals surface area contributed by atoms with E-state index >= 15 is 0 Å². The Bertz CT molecular complexity index is 495. The molecule has 0 aliphatic rings. The number of halogens is 1. The molecule has 2 rings (SSSR count). The predicted octanol–water partition coefficient (Wildman–Crippen LogP) is -0.0841. The monoisotopic (exact) mass is 253 g/mol. The van der Waals surface area contributed by atoms with Crippen LogP contribution in [-0.2, 0) is 5.75 Å². The van der Waals surface area contributed by atoms with Crippen LogP contribution in [0.5, 0.6) is 0 Å². The van der Waals surface area contributed by atoms with Crippen molar-refractivity contribution in [2.75, 3.05) is 0 Å². The number of nitrogens with one attached hydrogen (secondary N) is 1. The first-order chi connectivity index (χ1) is 8.16. The van der Waals surface area contributed by atoms with Gasteiger partial charge in [-0.1, -0.05) is 23.9 Å². The molecule has 0 aliphatic heterocycles. The zero-order valence-corrected chi connectivity index (χ0v) is 9.49. The van der Waals surface area contributed by atoms with E-state index in [-0.39, 0.29) is 5.46 Å². The predicted molar refractivity (Wildman–Crippen MR) is 62.2 cm³/mol. The van der Waals surface area contributed by atoms with E-state index in [2.05, 4.69) is 15.2 Å². The summed E-state index contributed by atoms with van der Waals surface area (Å²) in [5, 5.41) is 25.0. The van der Waals surface area contributed by atoms with Gasteiger partial charge in [-0.15, -0.1) is 0 Å². The van der Waals surface area contributed by atoms with Gasteiger partial charge < -0.3 is 10.0 Å². The fourth-order valence-corrected chi connectivity index (χ4v) is 2.02.